The highest BCUT2D eigenvalue weighted by molar-refractivity contribution is 5.97. The fourth-order valence-corrected chi connectivity index (χ4v) is 2.80. The largest absolute Gasteiger partial charge is 0.496 e. The van der Waals surface area contributed by atoms with Crippen molar-refractivity contribution in [3.05, 3.63) is 28.8 Å². The minimum absolute atomic E-state index is 0.0669. The molecule has 2 atom stereocenters. The molecule has 0 heterocycles. The molecule has 0 radical (unpaired) electrons. The summed E-state index contributed by atoms with van der Waals surface area (Å²) in [5, 5.41) is 3.06. The molecule has 1 amide bonds. The Morgan fingerprint density at radius 2 is 2.11 bits per heavy atom. The molecule has 0 bridgehead atoms. The first-order chi connectivity index (χ1) is 9.01. The molecule has 2 rings (SSSR count). The maximum atomic E-state index is 12.4. The highest BCUT2D eigenvalue weighted by atomic mass is 16.5. The first-order valence-corrected chi connectivity index (χ1v) is 6.73. The van der Waals surface area contributed by atoms with Crippen molar-refractivity contribution in [2.45, 2.75) is 45.2 Å². The van der Waals surface area contributed by atoms with Crippen LogP contribution in [-0.4, -0.2) is 25.1 Å². The number of hydrogen-bond donors (Lipinski definition) is 2. The quantitative estimate of drug-likeness (QED) is 0.874. The van der Waals surface area contributed by atoms with E-state index in [9.17, 15) is 4.79 Å². The van der Waals surface area contributed by atoms with Crippen LogP contribution in [0.4, 0.5) is 0 Å². The van der Waals surface area contributed by atoms with Crippen LogP contribution in [0.2, 0.25) is 0 Å². The van der Waals surface area contributed by atoms with Crippen LogP contribution in [0, 0.1) is 13.8 Å². The minimum atomic E-state index is -0.0669. The third-order valence-electron chi connectivity index (χ3n) is 3.68. The topological polar surface area (TPSA) is 64.3 Å². The molecule has 0 spiro atoms. The predicted molar refractivity (Wildman–Crippen MR) is 75.5 cm³/mol. The van der Waals surface area contributed by atoms with Crippen LogP contribution in [0.15, 0.2) is 12.1 Å². The van der Waals surface area contributed by atoms with Crippen LogP contribution in [0.5, 0.6) is 5.75 Å². The molecule has 1 fully saturated rings. The van der Waals surface area contributed by atoms with Crippen molar-refractivity contribution in [2.75, 3.05) is 7.11 Å². The van der Waals surface area contributed by atoms with Gasteiger partial charge >= 0.3 is 0 Å². The smallest absolute Gasteiger partial charge is 0.255 e. The molecule has 4 heteroatoms. The normalized spacial score (nSPS) is 22.3. The Hall–Kier alpha value is -1.55. The van der Waals surface area contributed by atoms with Crippen molar-refractivity contribution >= 4 is 5.91 Å². The monoisotopic (exact) mass is 262 g/mol. The van der Waals surface area contributed by atoms with Crippen molar-refractivity contribution < 1.29 is 9.53 Å². The van der Waals surface area contributed by atoms with E-state index >= 15 is 0 Å². The van der Waals surface area contributed by atoms with Crippen LogP contribution >= 0.6 is 0 Å². The van der Waals surface area contributed by atoms with Gasteiger partial charge < -0.3 is 15.8 Å². The number of nitrogens with two attached hydrogens (primary N) is 1. The molecule has 1 saturated carbocycles. The number of rotatable bonds is 3. The van der Waals surface area contributed by atoms with E-state index in [-0.39, 0.29) is 18.0 Å². The van der Waals surface area contributed by atoms with Crippen molar-refractivity contribution in [1.82, 2.24) is 5.32 Å². The third-order valence-corrected chi connectivity index (χ3v) is 3.68. The fourth-order valence-electron chi connectivity index (χ4n) is 2.80. The second-order valence-corrected chi connectivity index (χ2v) is 5.41. The summed E-state index contributed by atoms with van der Waals surface area (Å²) in [5.41, 5.74) is 8.52. The Bertz CT molecular complexity index is 485. The van der Waals surface area contributed by atoms with Crippen LogP contribution in [0.3, 0.4) is 0 Å². The van der Waals surface area contributed by atoms with Gasteiger partial charge in [-0.1, -0.05) is 6.07 Å². The van der Waals surface area contributed by atoms with Gasteiger partial charge in [-0.2, -0.15) is 0 Å². The summed E-state index contributed by atoms with van der Waals surface area (Å²) < 4.78 is 5.35. The van der Waals surface area contributed by atoms with Crippen LogP contribution < -0.4 is 15.8 Å². The maximum absolute atomic E-state index is 12.4. The molecule has 3 N–H and O–H groups in total. The molecular weight excluding hydrogens is 240 g/mol. The molecule has 104 valence electrons. The lowest BCUT2D eigenvalue weighted by molar-refractivity contribution is 0.0934. The van der Waals surface area contributed by atoms with E-state index in [0.29, 0.717) is 11.3 Å². The molecule has 1 aliphatic rings. The van der Waals surface area contributed by atoms with Crippen molar-refractivity contribution in [3.63, 3.8) is 0 Å². The van der Waals surface area contributed by atoms with Gasteiger partial charge in [0.1, 0.15) is 5.75 Å². The number of carbonyl (C=O) groups is 1. The summed E-state index contributed by atoms with van der Waals surface area (Å²) in [6, 6.07) is 4.29. The third kappa shape index (κ3) is 3.07. The zero-order valence-electron chi connectivity index (χ0n) is 11.8. The lowest BCUT2D eigenvalue weighted by Gasteiger charge is -2.16. The molecule has 0 saturated heterocycles. The van der Waals surface area contributed by atoms with Gasteiger partial charge in [0.05, 0.1) is 12.7 Å². The van der Waals surface area contributed by atoms with Gasteiger partial charge in [-0.15, -0.1) is 0 Å². The molecule has 1 aromatic rings. The van der Waals surface area contributed by atoms with Crippen molar-refractivity contribution in [2.24, 2.45) is 5.73 Å². The zero-order valence-corrected chi connectivity index (χ0v) is 11.8. The molecule has 2 unspecified atom stereocenters. The van der Waals surface area contributed by atoms with E-state index in [4.69, 9.17) is 10.5 Å². The number of aryl methyl sites for hydroxylation is 2. The lowest BCUT2D eigenvalue weighted by Crippen LogP contribution is -2.34. The second kappa shape index (κ2) is 5.61. The Morgan fingerprint density at radius 1 is 1.37 bits per heavy atom. The van der Waals surface area contributed by atoms with Gasteiger partial charge in [0.2, 0.25) is 0 Å². The van der Waals surface area contributed by atoms with E-state index in [1.165, 1.54) is 0 Å². The van der Waals surface area contributed by atoms with Gasteiger partial charge in [0.25, 0.3) is 5.91 Å². The summed E-state index contributed by atoms with van der Waals surface area (Å²) in [6.45, 7) is 3.93. The second-order valence-electron chi connectivity index (χ2n) is 5.41. The molecule has 0 aliphatic heterocycles. The highest BCUT2D eigenvalue weighted by Crippen LogP contribution is 2.26. The predicted octanol–water partition coefficient (Wildman–Crippen LogP) is 1.92. The Kier molecular flexibility index (Phi) is 4.10. The number of amides is 1. The Morgan fingerprint density at radius 3 is 2.68 bits per heavy atom. The molecule has 0 aromatic heterocycles. The van der Waals surface area contributed by atoms with Gasteiger partial charge in [-0.3, -0.25) is 4.79 Å². The summed E-state index contributed by atoms with van der Waals surface area (Å²) in [7, 11) is 1.60. The number of nitrogens with one attached hydrogen (secondary N) is 1. The van der Waals surface area contributed by atoms with Gasteiger partial charge in [-0.25, -0.2) is 0 Å². The van der Waals surface area contributed by atoms with Crippen LogP contribution in [-0.2, 0) is 0 Å². The standard InChI is InChI=1S/C15H22N2O2/c1-9-6-10(2)14(19-3)13(7-9)15(18)17-12-5-4-11(16)8-12/h6-7,11-12H,4-5,8,16H2,1-3H3,(H,17,18). The van der Waals surface area contributed by atoms with E-state index in [2.05, 4.69) is 5.32 Å². The number of hydrogen-bond acceptors (Lipinski definition) is 3. The van der Waals surface area contributed by atoms with E-state index in [1.54, 1.807) is 7.11 Å². The van der Waals surface area contributed by atoms with E-state index < -0.39 is 0 Å². The molecule has 1 aromatic carbocycles. The van der Waals surface area contributed by atoms with Gasteiger partial charge in [0, 0.05) is 12.1 Å². The van der Waals surface area contributed by atoms with Crippen molar-refractivity contribution in [1.29, 1.82) is 0 Å². The summed E-state index contributed by atoms with van der Waals surface area (Å²) in [5.74, 6) is 0.591. The Balaban J connectivity index is 2.18. The lowest BCUT2D eigenvalue weighted by atomic mass is 10.0. The number of carbonyl (C=O) groups excluding carboxylic acids is 1. The minimum Gasteiger partial charge on any atom is -0.496 e. The van der Waals surface area contributed by atoms with Crippen LogP contribution in [0.1, 0.15) is 40.7 Å². The Labute approximate surface area is 114 Å². The molecule has 1 aliphatic carbocycles. The molecule has 4 nitrogen and oxygen atoms in total. The number of benzene rings is 1. The first kappa shape index (κ1) is 13.9. The summed E-state index contributed by atoms with van der Waals surface area (Å²) in [6.07, 6.45) is 2.80. The summed E-state index contributed by atoms with van der Waals surface area (Å²) >= 11 is 0. The van der Waals surface area contributed by atoms with E-state index in [1.807, 2.05) is 26.0 Å². The SMILES string of the molecule is COc1c(C)cc(C)cc1C(=O)NC1CCC(N)C1. The van der Waals surface area contributed by atoms with Gasteiger partial charge in [-0.05, 0) is 50.3 Å². The average Bonchev–Trinajstić information content (AvgIpc) is 2.73. The zero-order chi connectivity index (χ0) is 14.0. The highest BCUT2D eigenvalue weighted by Gasteiger charge is 2.25. The average molecular weight is 262 g/mol. The number of methoxy groups -OCH3 is 1. The summed E-state index contributed by atoms with van der Waals surface area (Å²) in [4.78, 5) is 12.4. The first-order valence-electron chi connectivity index (χ1n) is 6.73. The fraction of sp³-hybridized carbons (Fsp3) is 0.533. The maximum Gasteiger partial charge on any atom is 0.255 e. The van der Waals surface area contributed by atoms with Crippen LogP contribution in [0.25, 0.3) is 0 Å². The number of ether oxygens (including phenoxy) is 1. The molecular formula is C15H22N2O2. The van der Waals surface area contributed by atoms with E-state index in [0.717, 1.165) is 30.4 Å². The molecule has 19 heavy (non-hydrogen) atoms. The van der Waals surface area contributed by atoms with Crippen molar-refractivity contribution in [3.8, 4) is 5.75 Å². The van der Waals surface area contributed by atoms with Gasteiger partial charge in [0.15, 0.2) is 0 Å².